The van der Waals surface area contributed by atoms with Crippen molar-refractivity contribution in [2.45, 2.75) is 45.1 Å². The predicted molar refractivity (Wildman–Crippen MR) is 62.8 cm³/mol. The number of benzene rings is 1. The SMILES string of the molecule is Cc1cccc(CC(O)CC2CCC2)c1. The fourth-order valence-corrected chi connectivity index (χ4v) is 2.31. The van der Waals surface area contributed by atoms with E-state index >= 15 is 0 Å². The summed E-state index contributed by atoms with van der Waals surface area (Å²) in [6, 6.07) is 8.45. The maximum absolute atomic E-state index is 9.93. The minimum atomic E-state index is -0.142. The molecule has 0 spiro atoms. The molecule has 1 heteroatoms. The molecule has 82 valence electrons. The number of hydrogen-bond acceptors (Lipinski definition) is 1. The van der Waals surface area contributed by atoms with Crippen LogP contribution in [0.15, 0.2) is 24.3 Å². The molecule has 1 aliphatic rings. The average molecular weight is 204 g/mol. The van der Waals surface area contributed by atoms with Crippen molar-refractivity contribution < 1.29 is 5.11 Å². The van der Waals surface area contributed by atoms with Gasteiger partial charge in [0.1, 0.15) is 0 Å². The zero-order valence-corrected chi connectivity index (χ0v) is 9.45. The van der Waals surface area contributed by atoms with E-state index in [4.69, 9.17) is 0 Å². The average Bonchev–Trinajstić information content (AvgIpc) is 2.11. The first-order valence-corrected chi connectivity index (χ1v) is 5.97. The van der Waals surface area contributed by atoms with Gasteiger partial charge in [0.25, 0.3) is 0 Å². The molecule has 1 aliphatic carbocycles. The van der Waals surface area contributed by atoms with Crippen molar-refractivity contribution >= 4 is 0 Å². The topological polar surface area (TPSA) is 20.2 Å². The highest BCUT2D eigenvalue weighted by Crippen LogP contribution is 2.31. The van der Waals surface area contributed by atoms with Gasteiger partial charge in [0.15, 0.2) is 0 Å². The van der Waals surface area contributed by atoms with Crippen LogP contribution in [-0.4, -0.2) is 11.2 Å². The Kier molecular flexibility index (Phi) is 3.42. The van der Waals surface area contributed by atoms with Crippen molar-refractivity contribution in [2.24, 2.45) is 5.92 Å². The Morgan fingerprint density at radius 3 is 2.80 bits per heavy atom. The summed E-state index contributed by atoms with van der Waals surface area (Å²) in [4.78, 5) is 0. The third kappa shape index (κ3) is 3.07. The molecule has 1 nitrogen and oxygen atoms in total. The highest BCUT2D eigenvalue weighted by atomic mass is 16.3. The van der Waals surface area contributed by atoms with E-state index in [0.717, 1.165) is 18.8 Å². The maximum Gasteiger partial charge on any atom is 0.0583 e. The van der Waals surface area contributed by atoms with Gasteiger partial charge >= 0.3 is 0 Å². The minimum absolute atomic E-state index is 0.142. The monoisotopic (exact) mass is 204 g/mol. The normalized spacial score (nSPS) is 18.5. The Hall–Kier alpha value is -0.820. The van der Waals surface area contributed by atoms with Gasteiger partial charge in [-0.3, -0.25) is 0 Å². The Bertz CT molecular complexity index is 315. The van der Waals surface area contributed by atoms with Gasteiger partial charge in [-0.15, -0.1) is 0 Å². The summed E-state index contributed by atoms with van der Waals surface area (Å²) in [5.41, 5.74) is 2.55. The van der Waals surface area contributed by atoms with Crippen LogP contribution in [0.3, 0.4) is 0 Å². The van der Waals surface area contributed by atoms with E-state index in [-0.39, 0.29) is 6.10 Å². The van der Waals surface area contributed by atoms with Crippen LogP contribution in [0.1, 0.15) is 36.8 Å². The van der Waals surface area contributed by atoms with Crippen molar-refractivity contribution in [3.63, 3.8) is 0 Å². The Morgan fingerprint density at radius 2 is 2.20 bits per heavy atom. The standard InChI is InChI=1S/C14H20O/c1-11-4-2-7-13(8-11)10-14(15)9-12-5-3-6-12/h2,4,7-8,12,14-15H,3,5-6,9-10H2,1H3. The molecule has 0 bridgehead atoms. The van der Waals surface area contributed by atoms with Gasteiger partial charge in [0, 0.05) is 0 Å². The van der Waals surface area contributed by atoms with Crippen LogP contribution in [0.2, 0.25) is 0 Å². The number of aliphatic hydroxyl groups is 1. The first kappa shape index (κ1) is 10.7. The van der Waals surface area contributed by atoms with Gasteiger partial charge in [-0.25, -0.2) is 0 Å². The molecule has 1 aromatic rings. The van der Waals surface area contributed by atoms with Gasteiger partial charge in [0.2, 0.25) is 0 Å². The van der Waals surface area contributed by atoms with Crippen molar-refractivity contribution in [1.29, 1.82) is 0 Å². The molecule has 0 amide bonds. The van der Waals surface area contributed by atoms with Crippen LogP contribution in [0.4, 0.5) is 0 Å². The molecule has 1 aromatic carbocycles. The molecule has 1 saturated carbocycles. The highest BCUT2D eigenvalue weighted by Gasteiger charge is 2.20. The third-order valence-corrected chi connectivity index (χ3v) is 3.38. The predicted octanol–water partition coefficient (Wildman–Crippen LogP) is 3.09. The molecule has 0 aliphatic heterocycles. The summed E-state index contributed by atoms with van der Waals surface area (Å²) >= 11 is 0. The Labute approximate surface area is 92.1 Å². The fraction of sp³-hybridized carbons (Fsp3) is 0.571. The second-order valence-electron chi connectivity index (χ2n) is 4.88. The molecule has 1 fully saturated rings. The van der Waals surface area contributed by atoms with Gasteiger partial charge in [-0.1, -0.05) is 49.1 Å². The second-order valence-corrected chi connectivity index (χ2v) is 4.88. The zero-order valence-electron chi connectivity index (χ0n) is 9.45. The lowest BCUT2D eigenvalue weighted by atomic mass is 9.80. The summed E-state index contributed by atoms with van der Waals surface area (Å²) in [7, 11) is 0. The molecule has 0 saturated heterocycles. The van der Waals surface area contributed by atoms with E-state index in [0.29, 0.717) is 0 Å². The number of rotatable bonds is 4. The Balaban J connectivity index is 1.84. The summed E-state index contributed by atoms with van der Waals surface area (Å²) < 4.78 is 0. The highest BCUT2D eigenvalue weighted by molar-refractivity contribution is 5.22. The molecule has 0 aromatic heterocycles. The van der Waals surface area contributed by atoms with Crippen LogP contribution in [0.25, 0.3) is 0 Å². The fourth-order valence-electron chi connectivity index (χ4n) is 2.31. The van der Waals surface area contributed by atoms with Gasteiger partial charge < -0.3 is 5.11 Å². The van der Waals surface area contributed by atoms with Crippen molar-refractivity contribution in [1.82, 2.24) is 0 Å². The first-order chi connectivity index (χ1) is 7.24. The smallest absolute Gasteiger partial charge is 0.0583 e. The molecule has 1 unspecified atom stereocenters. The van der Waals surface area contributed by atoms with E-state index in [2.05, 4.69) is 31.2 Å². The summed E-state index contributed by atoms with van der Waals surface area (Å²) in [6.45, 7) is 2.10. The first-order valence-electron chi connectivity index (χ1n) is 5.97. The van der Waals surface area contributed by atoms with Crippen LogP contribution >= 0.6 is 0 Å². The number of aryl methyl sites for hydroxylation is 1. The minimum Gasteiger partial charge on any atom is -0.393 e. The lowest BCUT2D eigenvalue weighted by molar-refractivity contribution is 0.118. The second kappa shape index (κ2) is 4.80. The van der Waals surface area contributed by atoms with Crippen LogP contribution in [-0.2, 0) is 6.42 Å². The molecule has 1 atom stereocenters. The van der Waals surface area contributed by atoms with Gasteiger partial charge in [-0.2, -0.15) is 0 Å². The molecule has 1 N–H and O–H groups in total. The molecular weight excluding hydrogens is 184 g/mol. The van der Waals surface area contributed by atoms with Crippen LogP contribution in [0.5, 0.6) is 0 Å². The molecule has 2 rings (SSSR count). The van der Waals surface area contributed by atoms with Crippen molar-refractivity contribution in [3.8, 4) is 0 Å². The van der Waals surface area contributed by atoms with E-state index in [9.17, 15) is 5.11 Å². The molecule has 0 heterocycles. The summed E-state index contributed by atoms with van der Waals surface area (Å²) in [5.74, 6) is 0.796. The van der Waals surface area contributed by atoms with Crippen molar-refractivity contribution in [2.75, 3.05) is 0 Å². The largest absolute Gasteiger partial charge is 0.393 e. The Morgan fingerprint density at radius 1 is 1.40 bits per heavy atom. The van der Waals surface area contributed by atoms with Gasteiger partial charge in [0.05, 0.1) is 6.10 Å². The molecular formula is C14H20O. The number of aliphatic hydroxyl groups excluding tert-OH is 1. The lowest BCUT2D eigenvalue weighted by Gasteiger charge is -2.27. The molecule has 0 radical (unpaired) electrons. The van der Waals surface area contributed by atoms with E-state index < -0.39 is 0 Å². The van der Waals surface area contributed by atoms with E-state index in [1.807, 2.05) is 0 Å². The summed E-state index contributed by atoms with van der Waals surface area (Å²) in [5, 5.41) is 9.93. The maximum atomic E-state index is 9.93. The summed E-state index contributed by atoms with van der Waals surface area (Å²) in [6.07, 6.45) is 5.68. The van der Waals surface area contributed by atoms with Crippen LogP contribution in [0, 0.1) is 12.8 Å². The van der Waals surface area contributed by atoms with Crippen LogP contribution < -0.4 is 0 Å². The van der Waals surface area contributed by atoms with Crippen molar-refractivity contribution in [3.05, 3.63) is 35.4 Å². The lowest BCUT2D eigenvalue weighted by Crippen LogP contribution is -2.20. The third-order valence-electron chi connectivity index (χ3n) is 3.38. The van der Waals surface area contributed by atoms with E-state index in [1.54, 1.807) is 0 Å². The number of hydrogen-bond donors (Lipinski definition) is 1. The quantitative estimate of drug-likeness (QED) is 0.799. The van der Waals surface area contributed by atoms with Gasteiger partial charge in [-0.05, 0) is 31.2 Å². The molecule has 15 heavy (non-hydrogen) atoms. The zero-order chi connectivity index (χ0) is 10.7. The van der Waals surface area contributed by atoms with E-state index in [1.165, 1.54) is 30.4 Å².